The highest BCUT2D eigenvalue weighted by Crippen LogP contribution is 1.84. The van der Waals surface area contributed by atoms with Crippen LogP contribution >= 0.6 is 0 Å². The van der Waals surface area contributed by atoms with Crippen LogP contribution < -0.4 is 5.32 Å². The van der Waals surface area contributed by atoms with E-state index in [-0.39, 0.29) is 12.3 Å². The standard InChI is InChI=1S/C10H13NO6/c1-7(12)5-11-8(13)6-17-10(15)4-3-9(14)16-2/h3-4H,5-6H2,1-2H3,(H,11,13)/b4-3+. The SMILES string of the molecule is COC(=O)/C=C/C(=O)OCC(=O)NCC(C)=O. The van der Waals surface area contributed by atoms with Crippen LogP contribution in [0.25, 0.3) is 0 Å². The molecule has 17 heavy (non-hydrogen) atoms. The average Bonchev–Trinajstić information content (AvgIpc) is 2.30. The van der Waals surface area contributed by atoms with Crippen LogP contribution in [0.1, 0.15) is 6.92 Å². The molecule has 0 bridgehead atoms. The molecule has 0 saturated heterocycles. The van der Waals surface area contributed by atoms with Gasteiger partial charge in [-0.1, -0.05) is 0 Å². The van der Waals surface area contributed by atoms with Gasteiger partial charge in [-0.15, -0.1) is 0 Å². The normalized spacial score (nSPS) is 9.76. The molecule has 0 radical (unpaired) electrons. The van der Waals surface area contributed by atoms with Crippen molar-refractivity contribution < 1.29 is 28.7 Å². The molecule has 94 valence electrons. The van der Waals surface area contributed by atoms with Gasteiger partial charge in [0.2, 0.25) is 0 Å². The molecule has 1 amide bonds. The zero-order valence-electron chi connectivity index (χ0n) is 9.52. The van der Waals surface area contributed by atoms with Crippen LogP contribution in [-0.2, 0) is 28.7 Å². The smallest absolute Gasteiger partial charge is 0.331 e. The first kappa shape index (κ1) is 14.8. The maximum atomic E-state index is 11.0. The van der Waals surface area contributed by atoms with Gasteiger partial charge in [-0.2, -0.15) is 0 Å². The van der Waals surface area contributed by atoms with Crippen LogP contribution in [0.4, 0.5) is 0 Å². The molecule has 0 fully saturated rings. The number of nitrogens with one attached hydrogen (secondary N) is 1. The van der Waals surface area contributed by atoms with E-state index in [1.807, 2.05) is 0 Å². The first-order valence-corrected chi connectivity index (χ1v) is 4.64. The molecule has 0 aromatic carbocycles. The van der Waals surface area contributed by atoms with Crippen molar-refractivity contribution in [1.82, 2.24) is 5.32 Å². The average molecular weight is 243 g/mol. The number of methoxy groups -OCH3 is 1. The monoisotopic (exact) mass is 243 g/mol. The molecule has 0 rings (SSSR count). The van der Waals surface area contributed by atoms with Gasteiger partial charge < -0.3 is 14.8 Å². The Morgan fingerprint density at radius 2 is 1.71 bits per heavy atom. The second-order valence-corrected chi connectivity index (χ2v) is 2.94. The summed E-state index contributed by atoms with van der Waals surface area (Å²) < 4.78 is 8.71. The Morgan fingerprint density at radius 3 is 2.24 bits per heavy atom. The summed E-state index contributed by atoms with van der Waals surface area (Å²) in [4.78, 5) is 43.0. The predicted octanol–water partition coefficient (Wildman–Crippen LogP) is -1.04. The van der Waals surface area contributed by atoms with Gasteiger partial charge in [0.1, 0.15) is 5.78 Å². The summed E-state index contributed by atoms with van der Waals surface area (Å²) in [6.07, 6.45) is 1.71. The Balaban J connectivity index is 3.84. The molecule has 0 aliphatic heterocycles. The van der Waals surface area contributed by atoms with Gasteiger partial charge in [0.05, 0.1) is 13.7 Å². The Labute approximate surface area is 97.8 Å². The number of carbonyl (C=O) groups excluding carboxylic acids is 4. The highest BCUT2D eigenvalue weighted by atomic mass is 16.5. The summed E-state index contributed by atoms with van der Waals surface area (Å²) in [5.41, 5.74) is 0. The Morgan fingerprint density at radius 1 is 1.12 bits per heavy atom. The van der Waals surface area contributed by atoms with Gasteiger partial charge in [0.25, 0.3) is 5.91 Å². The summed E-state index contributed by atoms with van der Waals surface area (Å²) in [5.74, 6) is -2.37. The zero-order chi connectivity index (χ0) is 13.3. The minimum absolute atomic E-state index is 0.117. The number of carbonyl (C=O) groups is 4. The van der Waals surface area contributed by atoms with Crippen molar-refractivity contribution in [2.45, 2.75) is 6.92 Å². The number of amides is 1. The fourth-order valence-corrected chi connectivity index (χ4v) is 0.663. The first-order valence-electron chi connectivity index (χ1n) is 4.64. The fraction of sp³-hybridized carbons (Fsp3) is 0.400. The van der Waals surface area contributed by atoms with Crippen molar-refractivity contribution in [3.05, 3.63) is 12.2 Å². The van der Waals surface area contributed by atoms with E-state index >= 15 is 0 Å². The number of rotatable bonds is 6. The summed E-state index contributed by atoms with van der Waals surface area (Å²) in [5, 5.41) is 2.23. The van der Waals surface area contributed by atoms with Gasteiger partial charge in [0.15, 0.2) is 6.61 Å². The molecule has 1 N–H and O–H groups in total. The quantitative estimate of drug-likeness (QED) is 0.472. The lowest BCUT2D eigenvalue weighted by molar-refractivity contribution is -0.144. The van der Waals surface area contributed by atoms with Gasteiger partial charge >= 0.3 is 11.9 Å². The van der Waals surface area contributed by atoms with E-state index < -0.39 is 24.5 Å². The van der Waals surface area contributed by atoms with Gasteiger partial charge in [-0.25, -0.2) is 9.59 Å². The van der Waals surface area contributed by atoms with E-state index in [2.05, 4.69) is 14.8 Å². The highest BCUT2D eigenvalue weighted by Gasteiger charge is 2.05. The van der Waals surface area contributed by atoms with E-state index in [0.29, 0.717) is 0 Å². The lowest BCUT2D eigenvalue weighted by Gasteiger charge is -2.02. The molecule has 0 saturated carbocycles. The molecule has 7 nitrogen and oxygen atoms in total. The minimum Gasteiger partial charge on any atom is -0.466 e. The van der Waals surface area contributed by atoms with Gasteiger partial charge in [-0.3, -0.25) is 9.59 Å². The molecule has 0 aromatic rings. The van der Waals surface area contributed by atoms with Crippen LogP contribution in [0.3, 0.4) is 0 Å². The van der Waals surface area contributed by atoms with Crippen molar-refractivity contribution in [2.75, 3.05) is 20.3 Å². The molecule has 0 aliphatic carbocycles. The number of ether oxygens (including phenoxy) is 2. The molecule has 0 spiro atoms. The van der Waals surface area contributed by atoms with Crippen molar-refractivity contribution in [3.63, 3.8) is 0 Å². The predicted molar refractivity (Wildman–Crippen MR) is 55.8 cm³/mol. The summed E-state index contributed by atoms with van der Waals surface area (Å²) in [6, 6.07) is 0. The number of esters is 2. The van der Waals surface area contributed by atoms with Crippen molar-refractivity contribution in [2.24, 2.45) is 0 Å². The Bertz CT molecular complexity index is 347. The maximum Gasteiger partial charge on any atom is 0.331 e. The lowest BCUT2D eigenvalue weighted by Crippen LogP contribution is -2.32. The second kappa shape index (κ2) is 8.03. The molecule has 0 unspecified atom stereocenters. The van der Waals surface area contributed by atoms with Crippen molar-refractivity contribution in [3.8, 4) is 0 Å². The number of Topliss-reactive ketones (excluding diaryl/α,β-unsaturated/α-hetero) is 1. The molecule has 0 atom stereocenters. The maximum absolute atomic E-state index is 11.0. The third-order valence-corrected chi connectivity index (χ3v) is 1.44. The van der Waals surface area contributed by atoms with Crippen molar-refractivity contribution >= 4 is 23.6 Å². The third-order valence-electron chi connectivity index (χ3n) is 1.44. The Kier molecular flexibility index (Phi) is 7.00. The molecule has 7 heteroatoms. The summed E-state index contributed by atoms with van der Waals surface area (Å²) in [6.45, 7) is 0.678. The highest BCUT2D eigenvalue weighted by molar-refractivity contribution is 5.93. The second-order valence-electron chi connectivity index (χ2n) is 2.94. The van der Waals surface area contributed by atoms with Crippen LogP contribution in [0.5, 0.6) is 0 Å². The zero-order valence-corrected chi connectivity index (χ0v) is 9.52. The summed E-state index contributed by atoms with van der Waals surface area (Å²) in [7, 11) is 1.16. The Hall–Kier alpha value is -2.18. The van der Waals surface area contributed by atoms with E-state index in [1.54, 1.807) is 0 Å². The lowest BCUT2D eigenvalue weighted by atomic mass is 10.4. The van der Waals surface area contributed by atoms with Gasteiger partial charge in [0, 0.05) is 12.2 Å². The van der Waals surface area contributed by atoms with E-state index in [4.69, 9.17) is 0 Å². The molecule has 0 aromatic heterocycles. The number of hydrogen-bond acceptors (Lipinski definition) is 6. The van der Waals surface area contributed by atoms with E-state index in [0.717, 1.165) is 19.3 Å². The van der Waals surface area contributed by atoms with Crippen molar-refractivity contribution in [1.29, 1.82) is 0 Å². The first-order chi connectivity index (χ1) is 7.95. The van der Waals surface area contributed by atoms with Crippen LogP contribution in [0.15, 0.2) is 12.2 Å². The molecular weight excluding hydrogens is 230 g/mol. The fourth-order valence-electron chi connectivity index (χ4n) is 0.663. The van der Waals surface area contributed by atoms with Crippen LogP contribution in [-0.4, -0.2) is 43.9 Å². The topological polar surface area (TPSA) is 98.8 Å². The summed E-state index contributed by atoms with van der Waals surface area (Å²) >= 11 is 0. The molecular formula is C10H13NO6. The molecule has 0 heterocycles. The number of ketones is 1. The largest absolute Gasteiger partial charge is 0.466 e. The van der Waals surface area contributed by atoms with E-state index in [1.165, 1.54) is 6.92 Å². The minimum atomic E-state index is -0.853. The van der Waals surface area contributed by atoms with Gasteiger partial charge in [-0.05, 0) is 6.92 Å². The van der Waals surface area contributed by atoms with E-state index in [9.17, 15) is 19.2 Å². The van der Waals surface area contributed by atoms with Crippen LogP contribution in [0, 0.1) is 0 Å². The van der Waals surface area contributed by atoms with Crippen LogP contribution in [0.2, 0.25) is 0 Å². The third kappa shape index (κ3) is 8.79. The molecule has 0 aliphatic rings. The number of hydrogen-bond donors (Lipinski definition) is 1.